The van der Waals surface area contributed by atoms with Crippen LogP contribution in [0.1, 0.15) is 63.4 Å². The molecule has 1 saturated carbocycles. The molecule has 2 fully saturated rings. The van der Waals surface area contributed by atoms with Crippen LogP contribution in [-0.4, -0.2) is 56.7 Å². The Morgan fingerprint density at radius 3 is 2.83 bits per heavy atom. The van der Waals surface area contributed by atoms with Gasteiger partial charge in [0.1, 0.15) is 6.33 Å². The average Bonchev–Trinajstić information content (AvgIpc) is 3.33. The van der Waals surface area contributed by atoms with E-state index in [2.05, 4.69) is 25.0 Å². The summed E-state index contributed by atoms with van der Waals surface area (Å²) in [4.78, 5) is 14.7. The normalized spacial score (nSPS) is 20.5. The number of nitrogens with one attached hydrogen (secondary N) is 1. The zero-order chi connectivity index (χ0) is 16.8. The predicted octanol–water partition coefficient (Wildman–Crippen LogP) is 2.40. The first-order valence-electron chi connectivity index (χ1n) is 9.23. The van der Waals surface area contributed by atoms with Crippen LogP contribution in [0.2, 0.25) is 0 Å². The summed E-state index contributed by atoms with van der Waals surface area (Å²) in [6.07, 6.45) is 9.40. The maximum atomic E-state index is 12.2. The molecule has 0 unspecified atom stereocenters. The molecule has 2 heterocycles. The number of amides is 1. The standard InChI is InChI=1S/C17H29N5OS/c1-14(17-20-18-13-22(17)15-6-2-3-7-15)19-16(23)12-24-11-10-21-8-4-5-9-21/h13-15H,2-12H2,1H3,(H,19,23)/t14-/m0/s1. The second-order valence-corrected chi connectivity index (χ2v) is 8.03. The van der Waals surface area contributed by atoms with Gasteiger partial charge >= 0.3 is 0 Å². The molecule has 1 saturated heterocycles. The SMILES string of the molecule is C[C@H](NC(=O)CSCCN1CCCC1)c1nncn1C1CCCC1. The van der Waals surface area contributed by atoms with Crippen molar-refractivity contribution in [3.8, 4) is 0 Å². The first-order chi connectivity index (χ1) is 11.7. The van der Waals surface area contributed by atoms with Gasteiger partial charge in [-0.3, -0.25) is 4.79 Å². The monoisotopic (exact) mass is 351 g/mol. The summed E-state index contributed by atoms with van der Waals surface area (Å²) in [7, 11) is 0. The highest BCUT2D eigenvalue weighted by molar-refractivity contribution is 7.99. The number of aromatic nitrogens is 3. The molecular weight excluding hydrogens is 322 g/mol. The molecule has 1 amide bonds. The predicted molar refractivity (Wildman–Crippen MR) is 97.1 cm³/mol. The second-order valence-electron chi connectivity index (χ2n) is 6.93. The summed E-state index contributed by atoms with van der Waals surface area (Å²) in [5.74, 6) is 2.53. The van der Waals surface area contributed by atoms with E-state index < -0.39 is 0 Å². The Labute approximate surface area is 148 Å². The minimum absolute atomic E-state index is 0.0835. The molecule has 2 aliphatic rings. The summed E-state index contributed by atoms with van der Waals surface area (Å²) < 4.78 is 2.17. The zero-order valence-electron chi connectivity index (χ0n) is 14.6. The van der Waals surface area contributed by atoms with E-state index >= 15 is 0 Å². The second kappa shape index (κ2) is 8.85. The Morgan fingerprint density at radius 2 is 2.08 bits per heavy atom. The van der Waals surface area contributed by atoms with Crippen LogP contribution in [-0.2, 0) is 4.79 Å². The Hall–Kier alpha value is -1.08. The molecule has 0 radical (unpaired) electrons. The molecule has 24 heavy (non-hydrogen) atoms. The molecule has 1 aromatic heterocycles. The quantitative estimate of drug-likeness (QED) is 0.729. The van der Waals surface area contributed by atoms with Gasteiger partial charge < -0.3 is 14.8 Å². The Bertz CT molecular complexity index is 523. The molecule has 1 atom stereocenters. The Balaban J connectivity index is 1.40. The first-order valence-corrected chi connectivity index (χ1v) is 10.4. The maximum absolute atomic E-state index is 12.2. The van der Waals surface area contributed by atoms with E-state index in [9.17, 15) is 4.79 Å². The van der Waals surface area contributed by atoms with E-state index in [1.165, 1.54) is 51.6 Å². The topological polar surface area (TPSA) is 63.1 Å². The highest BCUT2D eigenvalue weighted by Gasteiger charge is 2.23. The molecule has 3 rings (SSSR count). The number of hydrogen-bond acceptors (Lipinski definition) is 5. The minimum Gasteiger partial charge on any atom is -0.346 e. The van der Waals surface area contributed by atoms with E-state index in [-0.39, 0.29) is 11.9 Å². The summed E-state index contributed by atoms with van der Waals surface area (Å²) in [6, 6.07) is 0.420. The summed E-state index contributed by atoms with van der Waals surface area (Å²) in [5, 5.41) is 11.4. The van der Waals surface area contributed by atoms with E-state index in [4.69, 9.17) is 0 Å². The van der Waals surface area contributed by atoms with Crippen molar-refractivity contribution in [2.45, 2.75) is 57.5 Å². The van der Waals surface area contributed by atoms with Crippen LogP contribution in [0.25, 0.3) is 0 Å². The number of thioether (sulfide) groups is 1. The molecule has 0 spiro atoms. The molecule has 1 aliphatic carbocycles. The van der Waals surface area contributed by atoms with Crippen LogP contribution in [0.3, 0.4) is 0 Å². The third-order valence-electron chi connectivity index (χ3n) is 5.07. The van der Waals surface area contributed by atoms with Gasteiger partial charge in [-0.1, -0.05) is 12.8 Å². The van der Waals surface area contributed by atoms with Crippen molar-refractivity contribution < 1.29 is 4.79 Å². The van der Waals surface area contributed by atoms with Crippen molar-refractivity contribution in [3.63, 3.8) is 0 Å². The fourth-order valence-electron chi connectivity index (χ4n) is 3.74. The number of carbonyl (C=O) groups excluding carboxylic acids is 1. The van der Waals surface area contributed by atoms with Gasteiger partial charge in [0.05, 0.1) is 11.8 Å². The van der Waals surface area contributed by atoms with Crippen molar-refractivity contribution in [2.75, 3.05) is 31.1 Å². The summed E-state index contributed by atoms with van der Waals surface area (Å²) in [5.41, 5.74) is 0. The zero-order valence-corrected chi connectivity index (χ0v) is 15.4. The van der Waals surface area contributed by atoms with Gasteiger partial charge in [-0.25, -0.2) is 0 Å². The van der Waals surface area contributed by atoms with Crippen LogP contribution >= 0.6 is 11.8 Å². The van der Waals surface area contributed by atoms with Crippen LogP contribution in [0, 0.1) is 0 Å². The molecular formula is C17H29N5OS. The van der Waals surface area contributed by atoms with Crippen LogP contribution in [0.15, 0.2) is 6.33 Å². The largest absolute Gasteiger partial charge is 0.346 e. The fraction of sp³-hybridized carbons (Fsp3) is 0.824. The van der Waals surface area contributed by atoms with E-state index in [1.807, 2.05) is 13.3 Å². The number of carbonyl (C=O) groups is 1. The van der Waals surface area contributed by atoms with Gasteiger partial charge in [0, 0.05) is 18.3 Å². The number of nitrogens with zero attached hydrogens (tertiary/aromatic N) is 4. The van der Waals surface area contributed by atoms with Gasteiger partial charge in [0.2, 0.25) is 5.91 Å². The smallest absolute Gasteiger partial charge is 0.230 e. The fourth-order valence-corrected chi connectivity index (χ4v) is 4.54. The van der Waals surface area contributed by atoms with Gasteiger partial charge in [-0.2, -0.15) is 11.8 Å². The third-order valence-corrected chi connectivity index (χ3v) is 6.00. The van der Waals surface area contributed by atoms with Crippen LogP contribution < -0.4 is 5.32 Å². The minimum atomic E-state index is -0.0835. The van der Waals surface area contributed by atoms with E-state index in [0.717, 1.165) is 18.1 Å². The lowest BCUT2D eigenvalue weighted by molar-refractivity contribution is -0.119. The molecule has 6 nitrogen and oxygen atoms in total. The molecule has 1 aromatic rings. The molecule has 7 heteroatoms. The Kier molecular flexibility index (Phi) is 6.54. The lowest BCUT2D eigenvalue weighted by atomic mass is 10.2. The number of likely N-dealkylation sites (tertiary alicyclic amines) is 1. The molecule has 0 aromatic carbocycles. The van der Waals surface area contributed by atoms with Gasteiger partial charge in [-0.05, 0) is 45.7 Å². The van der Waals surface area contributed by atoms with Gasteiger partial charge in [-0.15, -0.1) is 10.2 Å². The highest BCUT2D eigenvalue weighted by atomic mass is 32.2. The molecule has 1 N–H and O–H groups in total. The van der Waals surface area contributed by atoms with Gasteiger partial charge in [0.25, 0.3) is 0 Å². The first kappa shape index (κ1) is 17.7. The van der Waals surface area contributed by atoms with Crippen molar-refractivity contribution in [3.05, 3.63) is 12.2 Å². The van der Waals surface area contributed by atoms with Crippen LogP contribution in [0.5, 0.6) is 0 Å². The van der Waals surface area contributed by atoms with Crippen molar-refractivity contribution in [2.24, 2.45) is 0 Å². The lowest BCUT2D eigenvalue weighted by Crippen LogP contribution is -2.31. The number of rotatable bonds is 8. The number of hydrogen-bond donors (Lipinski definition) is 1. The molecule has 0 bridgehead atoms. The third kappa shape index (κ3) is 4.72. The van der Waals surface area contributed by atoms with Crippen molar-refractivity contribution >= 4 is 17.7 Å². The molecule has 134 valence electrons. The summed E-state index contributed by atoms with van der Waals surface area (Å²) in [6.45, 7) is 5.55. The summed E-state index contributed by atoms with van der Waals surface area (Å²) >= 11 is 1.72. The Morgan fingerprint density at radius 1 is 1.33 bits per heavy atom. The van der Waals surface area contributed by atoms with Crippen LogP contribution in [0.4, 0.5) is 0 Å². The van der Waals surface area contributed by atoms with E-state index in [0.29, 0.717) is 11.8 Å². The average molecular weight is 352 g/mol. The lowest BCUT2D eigenvalue weighted by Gasteiger charge is -2.19. The van der Waals surface area contributed by atoms with Crippen molar-refractivity contribution in [1.29, 1.82) is 0 Å². The van der Waals surface area contributed by atoms with E-state index in [1.54, 1.807) is 11.8 Å². The van der Waals surface area contributed by atoms with Crippen molar-refractivity contribution in [1.82, 2.24) is 25.0 Å². The van der Waals surface area contributed by atoms with Gasteiger partial charge in [0.15, 0.2) is 5.82 Å². The molecule has 1 aliphatic heterocycles. The highest BCUT2D eigenvalue weighted by Crippen LogP contribution is 2.31. The maximum Gasteiger partial charge on any atom is 0.230 e.